The average molecular weight is 565 g/mol. The minimum Gasteiger partial charge on any atom is -0.481 e. The van der Waals surface area contributed by atoms with Crippen LogP contribution in [-0.2, 0) is 30.4 Å². The van der Waals surface area contributed by atoms with Crippen molar-refractivity contribution < 1.29 is 34.2 Å². The second-order valence-corrected chi connectivity index (χ2v) is 10.6. The van der Waals surface area contributed by atoms with Crippen LogP contribution >= 0.6 is 11.3 Å². The summed E-state index contributed by atoms with van der Waals surface area (Å²) in [6.07, 6.45) is -0.852. The molecule has 5 N–H and O–H groups in total. The lowest BCUT2D eigenvalue weighted by Crippen LogP contribution is -2.43. The molecule has 0 unspecified atom stereocenters. The zero-order valence-corrected chi connectivity index (χ0v) is 22.7. The first-order chi connectivity index (χ1) is 19.1. The van der Waals surface area contributed by atoms with Crippen LogP contribution in [0, 0.1) is 5.92 Å². The number of carbonyl (C=O) groups excluding carboxylic acids is 3. The van der Waals surface area contributed by atoms with Gasteiger partial charge in [-0.2, -0.15) is 0 Å². The summed E-state index contributed by atoms with van der Waals surface area (Å²) in [6, 6.07) is 21.1. The summed E-state index contributed by atoms with van der Waals surface area (Å²) in [5.74, 6) is -5.08. The van der Waals surface area contributed by atoms with Crippen molar-refractivity contribution >= 4 is 40.9 Å². The van der Waals surface area contributed by atoms with E-state index >= 15 is 0 Å². The molecule has 1 aromatic heterocycles. The third kappa shape index (κ3) is 9.46. The predicted octanol–water partition coefficient (Wildman–Crippen LogP) is 4.29. The van der Waals surface area contributed by atoms with E-state index in [1.54, 1.807) is 11.3 Å². The number of aliphatic carboxylic acids is 2. The molecule has 0 aliphatic rings. The van der Waals surface area contributed by atoms with Gasteiger partial charge < -0.3 is 21.3 Å². The first-order valence-electron chi connectivity index (χ1n) is 12.9. The lowest BCUT2D eigenvalue weighted by Gasteiger charge is -2.19. The van der Waals surface area contributed by atoms with Crippen LogP contribution in [0.5, 0.6) is 0 Å². The van der Waals surface area contributed by atoms with Gasteiger partial charge in [0, 0.05) is 41.4 Å². The van der Waals surface area contributed by atoms with Gasteiger partial charge in [0.1, 0.15) is 0 Å². The summed E-state index contributed by atoms with van der Waals surface area (Å²) in [4.78, 5) is 61.4. The molecule has 9 nitrogen and oxygen atoms in total. The normalized spacial score (nSPS) is 12.3. The Labute approximate surface area is 236 Å². The number of primary amides is 1. The Morgan fingerprint density at radius 3 is 1.90 bits per heavy atom. The number of ketones is 1. The van der Waals surface area contributed by atoms with E-state index < -0.39 is 41.5 Å². The number of hydrogen-bond donors (Lipinski definition) is 4. The van der Waals surface area contributed by atoms with Crippen molar-refractivity contribution in [2.24, 2.45) is 11.7 Å². The molecular formula is C30H32N2O7S. The molecule has 210 valence electrons. The Hall–Kier alpha value is -4.31. The van der Waals surface area contributed by atoms with Gasteiger partial charge in [-0.05, 0) is 48.1 Å². The topological polar surface area (TPSA) is 164 Å². The maximum Gasteiger partial charge on any atom is 0.303 e. The molecule has 0 bridgehead atoms. The second-order valence-electron chi connectivity index (χ2n) is 9.48. The van der Waals surface area contributed by atoms with Crippen LogP contribution in [0.15, 0.2) is 66.7 Å². The second kappa shape index (κ2) is 14.7. The van der Waals surface area contributed by atoms with Gasteiger partial charge in [0.2, 0.25) is 11.8 Å². The van der Waals surface area contributed by atoms with Crippen molar-refractivity contribution in [3.8, 4) is 20.9 Å². The molecule has 0 fully saturated rings. The standard InChI is InChI=1S/C30H32N2O7S/c31-30(39)22(11-16-28(35)36)18-24(33)23(12-17-29(37)38)32-27(34)15-8-19-6-9-21(10-7-19)26-14-13-25(40-26)20-4-2-1-3-5-20/h1-7,9-10,13-14,22-23H,8,11-12,15-18H2,(H2,31,39)(H,32,34)(H,35,36)(H,37,38)/t22-,23+/m1/s1. The molecule has 2 amide bonds. The number of aryl methyl sites for hydroxylation is 1. The smallest absolute Gasteiger partial charge is 0.303 e. The number of rotatable bonds is 16. The molecular weight excluding hydrogens is 532 g/mol. The van der Waals surface area contributed by atoms with Crippen molar-refractivity contribution in [1.82, 2.24) is 5.32 Å². The molecule has 3 rings (SSSR count). The summed E-state index contributed by atoms with van der Waals surface area (Å²) in [5, 5.41) is 20.5. The molecule has 2 aromatic carbocycles. The summed E-state index contributed by atoms with van der Waals surface area (Å²) in [7, 11) is 0. The van der Waals surface area contributed by atoms with Crippen LogP contribution < -0.4 is 11.1 Å². The largest absolute Gasteiger partial charge is 0.481 e. The van der Waals surface area contributed by atoms with Crippen LogP contribution in [0.4, 0.5) is 0 Å². The van der Waals surface area contributed by atoms with Gasteiger partial charge in [-0.15, -0.1) is 11.3 Å². The Balaban J connectivity index is 1.57. The summed E-state index contributed by atoms with van der Waals surface area (Å²) >= 11 is 1.69. The highest BCUT2D eigenvalue weighted by Crippen LogP contribution is 2.34. The lowest BCUT2D eigenvalue weighted by atomic mass is 9.92. The maximum absolute atomic E-state index is 12.8. The lowest BCUT2D eigenvalue weighted by molar-refractivity contribution is -0.139. The number of amides is 2. The van der Waals surface area contributed by atoms with E-state index in [1.165, 1.54) is 4.88 Å². The highest BCUT2D eigenvalue weighted by Gasteiger charge is 2.27. The van der Waals surface area contributed by atoms with Crippen molar-refractivity contribution in [1.29, 1.82) is 0 Å². The summed E-state index contributed by atoms with van der Waals surface area (Å²) in [6.45, 7) is 0. The molecule has 0 spiro atoms. The third-order valence-corrected chi connectivity index (χ3v) is 7.65. The SMILES string of the molecule is NC(=O)[C@H](CCC(=O)O)CC(=O)[C@H](CCC(=O)O)NC(=O)CCc1ccc(-c2ccc(-c3ccccc3)s2)cc1. The molecule has 3 aromatic rings. The number of Topliss-reactive ketones (excluding diaryl/α,β-unsaturated/α-hetero) is 1. The molecule has 40 heavy (non-hydrogen) atoms. The van der Waals surface area contributed by atoms with Crippen LogP contribution in [0.2, 0.25) is 0 Å². The number of benzene rings is 2. The van der Waals surface area contributed by atoms with Crippen LogP contribution in [0.3, 0.4) is 0 Å². The Kier molecular flexibility index (Phi) is 11.1. The molecule has 10 heteroatoms. The molecule has 1 heterocycles. The maximum atomic E-state index is 12.8. The zero-order chi connectivity index (χ0) is 29.1. The first kappa shape index (κ1) is 30.2. The van der Waals surface area contributed by atoms with Crippen LogP contribution in [-0.4, -0.2) is 45.8 Å². The number of carboxylic acids is 2. The molecule has 0 saturated carbocycles. The van der Waals surface area contributed by atoms with Gasteiger partial charge in [0.05, 0.1) is 6.04 Å². The van der Waals surface area contributed by atoms with Gasteiger partial charge in [-0.1, -0.05) is 54.6 Å². The Morgan fingerprint density at radius 2 is 1.32 bits per heavy atom. The summed E-state index contributed by atoms with van der Waals surface area (Å²) in [5.41, 5.74) is 8.46. The highest BCUT2D eigenvalue weighted by molar-refractivity contribution is 7.18. The minimum atomic E-state index is -1.13. The van der Waals surface area contributed by atoms with E-state index in [2.05, 4.69) is 29.6 Å². The number of nitrogens with two attached hydrogens (primary N) is 1. The van der Waals surface area contributed by atoms with E-state index in [4.69, 9.17) is 15.9 Å². The third-order valence-electron chi connectivity index (χ3n) is 6.47. The number of carboxylic acid groups (broad SMARTS) is 2. The average Bonchev–Trinajstić information content (AvgIpc) is 3.43. The predicted molar refractivity (Wildman–Crippen MR) is 151 cm³/mol. The van der Waals surface area contributed by atoms with Crippen LogP contribution in [0.25, 0.3) is 20.9 Å². The molecule has 2 atom stereocenters. The van der Waals surface area contributed by atoms with Crippen molar-refractivity contribution in [3.05, 3.63) is 72.3 Å². The van der Waals surface area contributed by atoms with Gasteiger partial charge in [-0.3, -0.25) is 24.0 Å². The van der Waals surface area contributed by atoms with Gasteiger partial charge in [0.25, 0.3) is 0 Å². The molecule has 0 saturated heterocycles. The van der Waals surface area contributed by atoms with E-state index in [0.29, 0.717) is 6.42 Å². The molecule has 0 radical (unpaired) electrons. The fourth-order valence-corrected chi connectivity index (χ4v) is 5.24. The first-order valence-corrected chi connectivity index (χ1v) is 13.7. The number of nitrogens with one attached hydrogen (secondary N) is 1. The minimum absolute atomic E-state index is 0.0750. The highest BCUT2D eigenvalue weighted by atomic mass is 32.1. The molecule has 0 aliphatic carbocycles. The van der Waals surface area contributed by atoms with Crippen LogP contribution in [0.1, 0.15) is 44.1 Å². The van der Waals surface area contributed by atoms with E-state index in [-0.39, 0.29) is 38.5 Å². The molecule has 0 aliphatic heterocycles. The summed E-state index contributed by atoms with van der Waals surface area (Å²) < 4.78 is 0. The van der Waals surface area contributed by atoms with E-state index in [1.807, 2.05) is 42.5 Å². The van der Waals surface area contributed by atoms with Crippen molar-refractivity contribution in [3.63, 3.8) is 0 Å². The Morgan fingerprint density at radius 1 is 0.750 bits per heavy atom. The van der Waals surface area contributed by atoms with E-state index in [0.717, 1.165) is 21.6 Å². The number of thiophene rings is 1. The Bertz CT molecular complexity index is 1340. The van der Waals surface area contributed by atoms with Gasteiger partial charge >= 0.3 is 11.9 Å². The zero-order valence-electron chi connectivity index (χ0n) is 21.9. The van der Waals surface area contributed by atoms with Crippen molar-refractivity contribution in [2.75, 3.05) is 0 Å². The number of carbonyl (C=O) groups is 5. The van der Waals surface area contributed by atoms with Crippen molar-refractivity contribution in [2.45, 2.75) is 51.0 Å². The number of hydrogen-bond acceptors (Lipinski definition) is 6. The fraction of sp³-hybridized carbons (Fsp3) is 0.300. The monoisotopic (exact) mass is 564 g/mol. The quantitative estimate of drug-likeness (QED) is 0.202. The van der Waals surface area contributed by atoms with E-state index in [9.17, 15) is 24.0 Å². The van der Waals surface area contributed by atoms with Gasteiger partial charge in [-0.25, -0.2) is 0 Å². The van der Waals surface area contributed by atoms with Gasteiger partial charge in [0.15, 0.2) is 5.78 Å². The fourth-order valence-electron chi connectivity index (χ4n) is 4.22.